The molecule has 16 heteroatoms. The number of carbonyl (C=O) groups is 8. The summed E-state index contributed by atoms with van der Waals surface area (Å²) in [6.07, 6.45) is 0. The highest BCUT2D eigenvalue weighted by atomic mass is 16.4. The van der Waals surface area contributed by atoms with Crippen molar-refractivity contribution in [1.82, 2.24) is 21.3 Å². The SMILES string of the molecule is O=C(O)C(=O)NCC(CNC(=O)C(=O)O)(CNC(=O)C(=O)O)CNC(=O)C(=O)O. The van der Waals surface area contributed by atoms with Crippen LogP contribution < -0.4 is 21.3 Å². The molecule has 16 nitrogen and oxygen atoms in total. The van der Waals surface area contributed by atoms with E-state index in [4.69, 9.17) is 20.4 Å². The van der Waals surface area contributed by atoms with Crippen molar-refractivity contribution in [1.29, 1.82) is 0 Å². The Labute approximate surface area is 160 Å². The Morgan fingerprint density at radius 3 is 0.759 bits per heavy atom. The predicted octanol–water partition coefficient (Wildman–Crippen LogP) is -5.22. The molecule has 0 fully saturated rings. The maximum absolute atomic E-state index is 11.3. The second-order valence-electron chi connectivity index (χ2n) is 5.45. The van der Waals surface area contributed by atoms with E-state index in [1.807, 2.05) is 21.3 Å². The fourth-order valence-corrected chi connectivity index (χ4v) is 1.75. The number of rotatable bonds is 8. The van der Waals surface area contributed by atoms with Crippen LogP contribution in [0.1, 0.15) is 0 Å². The average molecular weight is 420 g/mol. The molecule has 0 atom stereocenters. The maximum Gasteiger partial charge on any atom is 0.394 e. The minimum Gasteiger partial charge on any atom is -0.474 e. The molecule has 0 aliphatic rings. The van der Waals surface area contributed by atoms with Crippen LogP contribution in [0, 0.1) is 5.41 Å². The zero-order valence-electron chi connectivity index (χ0n) is 14.4. The Morgan fingerprint density at radius 1 is 0.448 bits per heavy atom. The lowest BCUT2D eigenvalue weighted by Gasteiger charge is -2.33. The third-order valence-corrected chi connectivity index (χ3v) is 3.27. The normalized spacial score (nSPS) is 10.2. The molecule has 0 radical (unpaired) electrons. The molecule has 0 saturated carbocycles. The number of carboxylic acid groups (broad SMARTS) is 4. The highest BCUT2D eigenvalue weighted by Crippen LogP contribution is 2.14. The second-order valence-corrected chi connectivity index (χ2v) is 5.45. The second kappa shape index (κ2) is 10.8. The van der Waals surface area contributed by atoms with Crippen LogP contribution in [0.4, 0.5) is 0 Å². The summed E-state index contributed by atoms with van der Waals surface area (Å²) in [6.45, 7) is -3.01. The topological polar surface area (TPSA) is 266 Å². The van der Waals surface area contributed by atoms with Crippen molar-refractivity contribution in [3.63, 3.8) is 0 Å². The smallest absolute Gasteiger partial charge is 0.394 e. The highest BCUT2D eigenvalue weighted by Gasteiger charge is 2.35. The van der Waals surface area contributed by atoms with Gasteiger partial charge in [0.1, 0.15) is 0 Å². The molecule has 0 rings (SSSR count). The Morgan fingerprint density at radius 2 is 0.621 bits per heavy atom. The summed E-state index contributed by atoms with van der Waals surface area (Å²) in [5.74, 6) is -14.0. The maximum atomic E-state index is 11.3. The first kappa shape index (κ1) is 24.8. The summed E-state index contributed by atoms with van der Waals surface area (Å²) in [7, 11) is 0. The molecule has 4 amide bonds. The van der Waals surface area contributed by atoms with Gasteiger partial charge in [0.25, 0.3) is 0 Å². The minimum atomic E-state index is -1.93. The van der Waals surface area contributed by atoms with Gasteiger partial charge in [-0.3, -0.25) is 19.2 Å². The van der Waals surface area contributed by atoms with Crippen molar-refractivity contribution in [2.75, 3.05) is 26.2 Å². The van der Waals surface area contributed by atoms with E-state index in [-0.39, 0.29) is 0 Å². The monoisotopic (exact) mass is 420 g/mol. The Kier molecular flexibility index (Phi) is 9.22. The fourth-order valence-electron chi connectivity index (χ4n) is 1.75. The zero-order valence-corrected chi connectivity index (χ0v) is 14.4. The van der Waals surface area contributed by atoms with E-state index in [1.54, 1.807) is 0 Å². The van der Waals surface area contributed by atoms with Gasteiger partial charge in [-0.15, -0.1) is 0 Å². The Balaban J connectivity index is 5.69. The lowest BCUT2D eigenvalue weighted by atomic mass is 9.86. The molecule has 8 N–H and O–H groups in total. The van der Waals surface area contributed by atoms with Gasteiger partial charge in [0, 0.05) is 31.6 Å². The Hall–Kier alpha value is -4.24. The van der Waals surface area contributed by atoms with Crippen molar-refractivity contribution >= 4 is 47.5 Å². The third kappa shape index (κ3) is 8.80. The van der Waals surface area contributed by atoms with Gasteiger partial charge in [-0.25, -0.2) is 19.2 Å². The quantitative estimate of drug-likeness (QED) is 0.171. The van der Waals surface area contributed by atoms with E-state index in [0.717, 1.165) is 0 Å². The van der Waals surface area contributed by atoms with Crippen molar-refractivity contribution < 1.29 is 58.8 Å². The van der Waals surface area contributed by atoms with Crippen LogP contribution in [0.15, 0.2) is 0 Å². The van der Waals surface area contributed by atoms with Crippen LogP contribution in [0.5, 0.6) is 0 Å². The fraction of sp³-hybridized carbons (Fsp3) is 0.385. The van der Waals surface area contributed by atoms with E-state index in [0.29, 0.717) is 0 Å². The standard InChI is InChI=1S/C13H16N4O12/c18-5(9(22)23)14-1-13(2-15-6(19)10(24)25,3-16-7(20)11(26)27)4-17-8(21)12(28)29/h1-4H2,(H,14,18)(H,15,19)(H,16,20)(H,17,21)(H,22,23)(H,24,25)(H,26,27)(H,28,29). The number of carboxylic acids is 4. The molecule has 0 aromatic rings. The van der Waals surface area contributed by atoms with Crippen molar-refractivity contribution in [3.05, 3.63) is 0 Å². The molecule has 0 unspecified atom stereocenters. The number of hydrogen-bond donors (Lipinski definition) is 8. The number of amides is 4. The van der Waals surface area contributed by atoms with Crippen molar-refractivity contribution in [2.45, 2.75) is 0 Å². The van der Waals surface area contributed by atoms with Gasteiger partial charge < -0.3 is 41.7 Å². The lowest BCUT2D eigenvalue weighted by Crippen LogP contribution is -2.58. The summed E-state index contributed by atoms with van der Waals surface area (Å²) in [4.78, 5) is 87.6. The molecule has 0 bridgehead atoms. The third-order valence-electron chi connectivity index (χ3n) is 3.27. The summed E-state index contributed by atoms with van der Waals surface area (Å²) in [5.41, 5.74) is -1.81. The molecule has 0 aromatic heterocycles. The van der Waals surface area contributed by atoms with Gasteiger partial charge in [0.2, 0.25) is 0 Å². The van der Waals surface area contributed by atoms with Crippen LogP contribution in [-0.2, 0) is 38.4 Å². The lowest BCUT2D eigenvalue weighted by molar-refractivity contribution is -0.151. The van der Waals surface area contributed by atoms with E-state index in [1.165, 1.54) is 0 Å². The van der Waals surface area contributed by atoms with Crippen LogP contribution in [0.25, 0.3) is 0 Å². The molecular weight excluding hydrogens is 404 g/mol. The van der Waals surface area contributed by atoms with Gasteiger partial charge in [0.15, 0.2) is 0 Å². The van der Waals surface area contributed by atoms with Gasteiger partial charge in [-0.05, 0) is 0 Å². The van der Waals surface area contributed by atoms with Gasteiger partial charge >= 0.3 is 47.5 Å². The molecular formula is C13H16N4O12. The van der Waals surface area contributed by atoms with Gasteiger partial charge in [-0.1, -0.05) is 0 Å². The van der Waals surface area contributed by atoms with Crippen molar-refractivity contribution in [2.24, 2.45) is 5.41 Å². The summed E-state index contributed by atoms with van der Waals surface area (Å²) in [5, 5.41) is 41.8. The van der Waals surface area contributed by atoms with Crippen LogP contribution in [0.2, 0.25) is 0 Å². The van der Waals surface area contributed by atoms with Crippen LogP contribution in [0.3, 0.4) is 0 Å². The highest BCUT2D eigenvalue weighted by molar-refractivity contribution is 6.32. The number of aliphatic carboxylic acids is 4. The molecule has 0 aromatic carbocycles. The Bertz CT molecular complexity index is 621. The molecule has 0 saturated heterocycles. The van der Waals surface area contributed by atoms with Crippen LogP contribution in [-0.4, -0.2) is 94.1 Å². The predicted molar refractivity (Wildman–Crippen MR) is 85.0 cm³/mol. The molecule has 0 spiro atoms. The summed E-state index contributed by atoms with van der Waals surface area (Å²) >= 11 is 0. The number of nitrogens with one attached hydrogen (secondary N) is 4. The van der Waals surface area contributed by atoms with Crippen molar-refractivity contribution in [3.8, 4) is 0 Å². The van der Waals surface area contributed by atoms with Crippen LogP contribution >= 0.6 is 0 Å². The molecule has 29 heavy (non-hydrogen) atoms. The average Bonchev–Trinajstić information content (AvgIpc) is 2.64. The molecule has 0 heterocycles. The molecule has 160 valence electrons. The van der Waals surface area contributed by atoms with E-state index >= 15 is 0 Å². The first-order chi connectivity index (χ1) is 13.3. The van der Waals surface area contributed by atoms with Gasteiger partial charge in [0.05, 0.1) is 0 Å². The van der Waals surface area contributed by atoms with E-state index < -0.39 is 79.1 Å². The van der Waals surface area contributed by atoms with E-state index in [2.05, 4.69) is 0 Å². The first-order valence-corrected chi connectivity index (χ1v) is 7.36. The molecule has 0 aliphatic carbocycles. The summed E-state index contributed by atoms with van der Waals surface area (Å²) < 4.78 is 0. The summed E-state index contributed by atoms with van der Waals surface area (Å²) in [6, 6.07) is 0. The van der Waals surface area contributed by atoms with E-state index in [9.17, 15) is 38.4 Å². The minimum absolute atomic E-state index is 0.752. The number of hydrogen-bond acceptors (Lipinski definition) is 8. The van der Waals surface area contributed by atoms with Gasteiger partial charge in [-0.2, -0.15) is 0 Å². The largest absolute Gasteiger partial charge is 0.474 e. The molecule has 0 aliphatic heterocycles. The zero-order chi connectivity index (χ0) is 22.8. The first-order valence-electron chi connectivity index (χ1n) is 7.36. The number of carbonyl (C=O) groups excluding carboxylic acids is 4.